The van der Waals surface area contributed by atoms with Crippen molar-refractivity contribution in [1.82, 2.24) is 0 Å². The van der Waals surface area contributed by atoms with Gasteiger partial charge in [0.25, 0.3) is 0 Å². The first kappa shape index (κ1) is 39.7. The van der Waals surface area contributed by atoms with E-state index in [1.165, 1.54) is 129 Å². The van der Waals surface area contributed by atoms with Crippen molar-refractivity contribution in [2.45, 2.75) is 206 Å². The van der Waals surface area contributed by atoms with Crippen molar-refractivity contribution in [2.24, 2.45) is 0 Å². The van der Waals surface area contributed by atoms with Gasteiger partial charge in [-0.2, -0.15) is 0 Å². The summed E-state index contributed by atoms with van der Waals surface area (Å²) in [6.45, 7) is 4.52. The minimum atomic E-state index is -0.104. The standard InChI is InChI=1S/C37H70O4/c1-4-6-8-10-11-12-13-14-15-16-17-18-23-26-30-34-37(39)41-35(31-27-9-7-5-2)32-28-24-21-19-20-22-25-29-33-36(38)40-3/h24,28,35H,4-23,25-27,29-34H2,1-3H3. The van der Waals surface area contributed by atoms with Crippen LogP contribution in [0.2, 0.25) is 0 Å². The number of hydrogen-bond donors (Lipinski definition) is 0. The van der Waals surface area contributed by atoms with Crippen LogP contribution in [0.4, 0.5) is 0 Å². The summed E-state index contributed by atoms with van der Waals surface area (Å²) in [7, 11) is 1.45. The number of carbonyl (C=O) groups is 2. The second-order valence-electron chi connectivity index (χ2n) is 12.3. The number of hydrogen-bond acceptors (Lipinski definition) is 4. The van der Waals surface area contributed by atoms with Gasteiger partial charge < -0.3 is 9.47 Å². The van der Waals surface area contributed by atoms with Gasteiger partial charge in [0.15, 0.2) is 0 Å². The van der Waals surface area contributed by atoms with E-state index in [4.69, 9.17) is 4.74 Å². The Morgan fingerprint density at radius 1 is 0.512 bits per heavy atom. The highest BCUT2D eigenvalue weighted by Crippen LogP contribution is 2.17. The molecule has 41 heavy (non-hydrogen) atoms. The van der Waals surface area contributed by atoms with Gasteiger partial charge in [-0.1, -0.05) is 154 Å². The molecule has 4 heteroatoms. The topological polar surface area (TPSA) is 52.6 Å². The molecule has 0 bridgehead atoms. The Morgan fingerprint density at radius 3 is 1.41 bits per heavy atom. The average Bonchev–Trinajstić information content (AvgIpc) is 2.97. The third-order valence-electron chi connectivity index (χ3n) is 8.21. The first-order valence-electron chi connectivity index (χ1n) is 18.0. The van der Waals surface area contributed by atoms with Crippen LogP contribution in [-0.4, -0.2) is 25.2 Å². The van der Waals surface area contributed by atoms with Crippen LogP contribution in [0.25, 0.3) is 0 Å². The monoisotopic (exact) mass is 579 g/mol. The number of esters is 2. The van der Waals surface area contributed by atoms with E-state index in [1.54, 1.807) is 0 Å². The summed E-state index contributed by atoms with van der Waals surface area (Å²) < 4.78 is 10.6. The molecular formula is C37H70O4. The molecule has 0 saturated heterocycles. The van der Waals surface area contributed by atoms with Gasteiger partial charge in [-0.3, -0.25) is 9.59 Å². The van der Waals surface area contributed by atoms with Gasteiger partial charge in [0, 0.05) is 19.3 Å². The van der Waals surface area contributed by atoms with E-state index in [9.17, 15) is 9.59 Å². The van der Waals surface area contributed by atoms with Crippen LogP contribution in [0.1, 0.15) is 200 Å². The van der Waals surface area contributed by atoms with E-state index in [-0.39, 0.29) is 18.0 Å². The Bertz CT molecular complexity index is 585. The average molecular weight is 579 g/mol. The number of unbranched alkanes of at least 4 members (excludes halogenated alkanes) is 22. The van der Waals surface area contributed by atoms with E-state index >= 15 is 0 Å². The number of ether oxygens (including phenoxy) is 2. The molecule has 0 heterocycles. The zero-order chi connectivity index (χ0) is 30.1. The van der Waals surface area contributed by atoms with Crippen molar-refractivity contribution in [2.75, 3.05) is 7.11 Å². The van der Waals surface area contributed by atoms with E-state index in [0.29, 0.717) is 12.8 Å². The Balaban J connectivity index is 3.86. The van der Waals surface area contributed by atoms with Gasteiger partial charge in [0.05, 0.1) is 7.11 Å². The second kappa shape index (κ2) is 33.2. The van der Waals surface area contributed by atoms with Crippen molar-refractivity contribution >= 4 is 11.9 Å². The molecule has 1 unspecified atom stereocenters. The first-order chi connectivity index (χ1) is 20.1. The lowest BCUT2D eigenvalue weighted by Gasteiger charge is -2.16. The fourth-order valence-electron chi connectivity index (χ4n) is 5.44. The lowest BCUT2D eigenvalue weighted by Crippen LogP contribution is -2.17. The molecule has 0 fully saturated rings. The molecule has 0 spiro atoms. The molecule has 0 saturated carbocycles. The van der Waals surface area contributed by atoms with Crippen LogP contribution in [0.15, 0.2) is 12.2 Å². The Hall–Kier alpha value is -1.32. The van der Waals surface area contributed by atoms with Gasteiger partial charge in [0.2, 0.25) is 0 Å². The van der Waals surface area contributed by atoms with Gasteiger partial charge in [-0.05, 0) is 38.5 Å². The maximum Gasteiger partial charge on any atom is 0.306 e. The largest absolute Gasteiger partial charge is 0.469 e. The maximum atomic E-state index is 12.5. The van der Waals surface area contributed by atoms with E-state index < -0.39 is 0 Å². The maximum absolute atomic E-state index is 12.5. The van der Waals surface area contributed by atoms with Gasteiger partial charge >= 0.3 is 11.9 Å². The Morgan fingerprint density at radius 2 is 0.927 bits per heavy atom. The summed E-state index contributed by atoms with van der Waals surface area (Å²) in [6, 6.07) is 0. The number of allylic oxidation sites excluding steroid dienone is 1. The number of carbonyl (C=O) groups excluding carboxylic acids is 2. The Kier molecular flexibility index (Phi) is 32.1. The fourth-order valence-corrected chi connectivity index (χ4v) is 5.44. The zero-order valence-corrected chi connectivity index (χ0v) is 27.9. The smallest absolute Gasteiger partial charge is 0.306 e. The van der Waals surface area contributed by atoms with Crippen LogP contribution >= 0.6 is 0 Å². The number of methoxy groups -OCH3 is 1. The highest BCUT2D eigenvalue weighted by Gasteiger charge is 2.13. The van der Waals surface area contributed by atoms with Gasteiger partial charge in [-0.15, -0.1) is 0 Å². The summed E-state index contributed by atoms with van der Waals surface area (Å²) in [6.07, 6.45) is 39.0. The van der Waals surface area contributed by atoms with E-state index in [1.807, 2.05) is 0 Å². The highest BCUT2D eigenvalue weighted by atomic mass is 16.5. The molecule has 0 radical (unpaired) electrons. The SMILES string of the molecule is CCCCCCCCCCCCCCCCCC(=O)OC(CC=CCCCCCCCC(=O)OC)CCCCCC. The minimum Gasteiger partial charge on any atom is -0.469 e. The summed E-state index contributed by atoms with van der Waals surface area (Å²) >= 11 is 0. The third-order valence-corrected chi connectivity index (χ3v) is 8.21. The molecule has 0 aromatic carbocycles. The predicted octanol–water partition coefficient (Wildman–Crippen LogP) is 12.0. The highest BCUT2D eigenvalue weighted by molar-refractivity contribution is 5.69. The summed E-state index contributed by atoms with van der Waals surface area (Å²) in [5.41, 5.74) is 0. The fraction of sp³-hybridized carbons (Fsp3) is 0.892. The van der Waals surface area contributed by atoms with Crippen molar-refractivity contribution in [3.63, 3.8) is 0 Å². The molecule has 0 N–H and O–H groups in total. The molecule has 242 valence electrons. The Labute approximate surface area is 256 Å². The molecule has 0 aliphatic heterocycles. The van der Waals surface area contributed by atoms with Crippen LogP contribution in [0.5, 0.6) is 0 Å². The van der Waals surface area contributed by atoms with E-state index in [0.717, 1.165) is 51.4 Å². The van der Waals surface area contributed by atoms with E-state index in [2.05, 4.69) is 30.7 Å². The van der Waals surface area contributed by atoms with Crippen molar-refractivity contribution < 1.29 is 19.1 Å². The lowest BCUT2D eigenvalue weighted by atomic mass is 10.0. The van der Waals surface area contributed by atoms with Crippen LogP contribution in [0, 0.1) is 0 Å². The quantitative estimate of drug-likeness (QED) is 0.0452. The molecule has 0 aliphatic carbocycles. The molecular weight excluding hydrogens is 508 g/mol. The number of rotatable bonds is 32. The summed E-state index contributed by atoms with van der Waals surface area (Å²) in [5, 5.41) is 0. The molecule has 0 rings (SSSR count). The van der Waals surface area contributed by atoms with Crippen molar-refractivity contribution in [1.29, 1.82) is 0 Å². The van der Waals surface area contributed by atoms with Crippen molar-refractivity contribution in [3.05, 3.63) is 12.2 Å². The zero-order valence-electron chi connectivity index (χ0n) is 27.9. The predicted molar refractivity (Wildman–Crippen MR) is 176 cm³/mol. The normalized spacial score (nSPS) is 12.2. The second-order valence-corrected chi connectivity index (χ2v) is 12.3. The molecule has 0 amide bonds. The third kappa shape index (κ3) is 31.4. The van der Waals surface area contributed by atoms with Gasteiger partial charge in [-0.25, -0.2) is 0 Å². The summed E-state index contributed by atoms with van der Waals surface area (Å²) in [4.78, 5) is 23.7. The molecule has 0 aliphatic rings. The minimum absolute atomic E-state index is 0.000500. The first-order valence-corrected chi connectivity index (χ1v) is 18.0. The summed E-state index contributed by atoms with van der Waals surface area (Å²) in [5.74, 6) is -0.103. The van der Waals surface area contributed by atoms with Crippen LogP contribution in [0.3, 0.4) is 0 Å². The molecule has 0 aromatic rings. The molecule has 1 atom stereocenters. The van der Waals surface area contributed by atoms with Crippen LogP contribution < -0.4 is 0 Å². The van der Waals surface area contributed by atoms with Crippen LogP contribution in [-0.2, 0) is 19.1 Å². The molecule has 0 aromatic heterocycles. The van der Waals surface area contributed by atoms with Gasteiger partial charge in [0.1, 0.15) is 6.10 Å². The lowest BCUT2D eigenvalue weighted by molar-refractivity contribution is -0.149. The van der Waals surface area contributed by atoms with Crippen molar-refractivity contribution in [3.8, 4) is 0 Å². The molecule has 4 nitrogen and oxygen atoms in total.